The largest absolute Gasteiger partial charge is 0.480 e. The first-order valence-corrected chi connectivity index (χ1v) is 6.51. The third kappa shape index (κ3) is 2.30. The molecule has 0 unspecified atom stereocenters. The van der Waals surface area contributed by atoms with E-state index in [-0.39, 0.29) is 0 Å². The summed E-state index contributed by atoms with van der Waals surface area (Å²) < 4.78 is 1.68. The molecule has 0 fully saturated rings. The molecule has 1 aromatic heterocycles. The van der Waals surface area contributed by atoms with Crippen LogP contribution in [0.3, 0.4) is 0 Å². The first-order chi connectivity index (χ1) is 9.65. The highest BCUT2D eigenvalue weighted by atomic mass is 16.4. The van der Waals surface area contributed by atoms with Crippen LogP contribution in [0.25, 0.3) is 0 Å². The molecule has 0 amide bonds. The normalized spacial score (nSPS) is 18.8. The standard InChI is InChI=1S/C14H16N4O2/c1-17-13(15-9-16-17)8-18-7-11-5-3-2-4-10(11)6-12(18)14(19)20/h2-5,9,12H,6-8H2,1H3,(H,19,20)/t12-/m0/s1. The van der Waals surface area contributed by atoms with E-state index in [4.69, 9.17) is 0 Å². The fourth-order valence-electron chi connectivity index (χ4n) is 2.63. The molecular formula is C14H16N4O2. The lowest BCUT2D eigenvalue weighted by Gasteiger charge is -2.33. The van der Waals surface area contributed by atoms with Gasteiger partial charge in [-0.1, -0.05) is 24.3 Å². The second-order valence-electron chi connectivity index (χ2n) is 5.03. The lowest BCUT2D eigenvalue weighted by Crippen LogP contribution is -2.45. The summed E-state index contributed by atoms with van der Waals surface area (Å²) in [5.74, 6) is -0.0164. The van der Waals surface area contributed by atoms with Gasteiger partial charge in [0.1, 0.15) is 18.2 Å². The van der Waals surface area contributed by atoms with E-state index in [0.717, 1.165) is 11.4 Å². The molecule has 6 nitrogen and oxygen atoms in total. The molecule has 3 rings (SSSR count). The number of carboxylic acids is 1. The van der Waals surface area contributed by atoms with Crippen LogP contribution in [0.5, 0.6) is 0 Å². The Kier molecular flexibility index (Phi) is 3.23. The number of hydrogen-bond donors (Lipinski definition) is 1. The summed E-state index contributed by atoms with van der Waals surface area (Å²) in [6.07, 6.45) is 2.02. The van der Waals surface area contributed by atoms with Crippen molar-refractivity contribution in [3.05, 3.63) is 47.5 Å². The smallest absolute Gasteiger partial charge is 0.321 e. The number of carboxylic acid groups (broad SMARTS) is 1. The Hall–Kier alpha value is -2.21. The Bertz CT molecular complexity index is 638. The Morgan fingerprint density at radius 3 is 2.80 bits per heavy atom. The van der Waals surface area contributed by atoms with Crippen molar-refractivity contribution in [2.45, 2.75) is 25.6 Å². The van der Waals surface area contributed by atoms with Crippen molar-refractivity contribution in [2.75, 3.05) is 0 Å². The monoisotopic (exact) mass is 272 g/mol. The molecule has 0 saturated carbocycles. The SMILES string of the molecule is Cn1ncnc1CN1Cc2ccccc2C[C@H]1C(=O)O. The molecule has 104 valence electrons. The molecule has 1 N–H and O–H groups in total. The van der Waals surface area contributed by atoms with E-state index >= 15 is 0 Å². The van der Waals surface area contributed by atoms with Crippen LogP contribution in [0, 0.1) is 0 Å². The maximum atomic E-state index is 11.5. The van der Waals surface area contributed by atoms with Crippen LogP contribution in [0.1, 0.15) is 17.0 Å². The quantitative estimate of drug-likeness (QED) is 0.896. The molecule has 0 bridgehead atoms. The molecule has 0 radical (unpaired) electrons. The molecule has 2 heterocycles. The fourth-order valence-corrected chi connectivity index (χ4v) is 2.63. The van der Waals surface area contributed by atoms with Crippen LogP contribution in [0.4, 0.5) is 0 Å². The number of nitrogens with zero attached hydrogens (tertiary/aromatic N) is 4. The van der Waals surface area contributed by atoms with E-state index in [0.29, 0.717) is 19.5 Å². The predicted octanol–water partition coefficient (Wildman–Crippen LogP) is 0.827. The number of benzene rings is 1. The van der Waals surface area contributed by atoms with Crippen LogP contribution < -0.4 is 0 Å². The number of carbonyl (C=O) groups is 1. The van der Waals surface area contributed by atoms with Gasteiger partial charge in [-0.15, -0.1) is 0 Å². The van der Waals surface area contributed by atoms with Crippen molar-refractivity contribution < 1.29 is 9.90 Å². The minimum absolute atomic E-state index is 0.488. The Morgan fingerprint density at radius 1 is 1.40 bits per heavy atom. The zero-order valence-electron chi connectivity index (χ0n) is 11.2. The predicted molar refractivity (Wildman–Crippen MR) is 71.8 cm³/mol. The van der Waals surface area contributed by atoms with E-state index in [2.05, 4.69) is 16.1 Å². The van der Waals surface area contributed by atoms with Gasteiger partial charge in [0, 0.05) is 13.6 Å². The average Bonchev–Trinajstić information content (AvgIpc) is 2.83. The molecule has 1 aliphatic rings. The van der Waals surface area contributed by atoms with Gasteiger partial charge < -0.3 is 5.11 Å². The van der Waals surface area contributed by atoms with Crippen LogP contribution >= 0.6 is 0 Å². The van der Waals surface area contributed by atoms with Gasteiger partial charge in [-0.2, -0.15) is 5.10 Å². The number of rotatable bonds is 3. The molecule has 20 heavy (non-hydrogen) atoms. The fraction of sp³-hybridized carbons (Fsp3) is 0.357. The summed E-state index contributed by atoms with van der Waals surface area (Å²) >= 11 is 0. The second-order valence-corrected chi connectivity index (χ2v) is 5.03. The van der Waals surface area contributed by atoms with Crippen LogP contribution in [0.15, 0.2) is 30.6 Å². The Morgan fingerprint density at radius 2 is 2.15 bits per heavy atom. The van der Waals surface area contributed by atoms with Gasteiger partial charge in [0.15, 0.2) is 0 Å². The van der Waals surface area contributed by atoms with E-state index in [1.165, 1.54) is 11.9 Å². The highest BCUT2D eigenvalue weighted by Crippen LogP contribution is 2.24. The molecule has 0 spiro atoms. The summed E-state index contributed by atoms with van der Waals surface area (Å²) in [7, 11) is 1.82. The highest BCUT2D eigenvalue weighted by Gasteiger charge is 2.31. The van der Waals surface area contributed by atoms with E-state index < -0.39 is 12.0 Å². The van der Waals surface area contributed by atoms with Crippen molar-refractivity contribution in [1.82, 2.24) is 19.7 Å². The lowest BCUT2D eigenvalue weighted by molar-refractivity contribution is -0.144. The molecule has 1 aromatic carbocycles. The van der Waals surface area contributed by atoms with Crippen LogP contribution in [-0.4, -0.2) is 36.8 Å². The number of hydrogen-bond acceptors (Lipinski definition) is 4. The third-order valence-corrected chi connectivity index (χ3v) is 3.78. The van der Waals surface area contributed by atoms with Gasteiger partial charge in [0.25, 0.3) is 0 Å². The van der Waals surface area contributed by atoms with E-state index in [1.807, 2.05) is 30.1 Å². The first-order valence-electron chi connectivity index (χ1n) is 6.51. The highest BCUT2D eigenvalue weighted by molar-refractivity contribution is 5.74. The Labute approximate surface area is 116 Å². The van der Waals surface area contributed by atoms with Crippen molar-refractivity contribution in [1.29, 1.82) is 0 Å². The van der Waals surface area contributed by atoms with Gasteiger partial charge in [0.2, 0.25) is 0 Å². The van der Waals surface area contributed by atoms with Crippen molar-refractivity contribution >= 4 is 5.97 Å². The molecule has 0 saturated heterocycles. The maximum Gasteiger partial charge on any atom is 0.321 e. The lowest BCUT2D eigenvalue weighted by atomic mass is 9.94. The number of fused-ring (bicyclic) bond motifs is 1. The topological polar surface area (TPSA) is 71.2 Å². The first kappa shape index (κ1) is 12.8. The van der Waals surface area contributed by atoms with Gasteiger partial charge in [-0.05, 0) is 17.5 Å². The summed E-state index contributed by atoms with van der Waals surface area (Å²) in [4.78, 5) is 17.6. The summed E-state index contributed by atoms with van der Waals surface area (Å²) in [5.41, 5.74) is 2.31. The van der Waals surface area contributed by atoms with Crippen LogP contribution in [0.2, 0.25) is 0 Å². The Balaban J connectivity index is 1.89. The number of aryl methyl sites for hydroxylation is 1. The molecular weight excluding hydrogens is 256 g/mol. The summed E-state index contributed by atoms with van der Waals surface area (Å²) in [6, 6.07) is 7.49. The van der Waals surface area contributed by atoms with E-state index in [9.17, 15) is 9.90 Å². The van der Waals surface area contributed by atoms with Gasteiger partial charge in [-0.3, -0.25) is 14.4 Å². The third-order valence-electron chi connectivity index (χ3n) is 3.78. The zero-order valence-corrected chi connectivity index (χ0v) is 11.2. The molecule has 1 aliphatic heterocycles. The molecule has 2 aromatic rings. The minimum Gasteiger partial charge on any atom is -0.480 e. The maximum absolute atomic E-state index is 11.5. The summed E-state index contributed by atoms with van der Waals surface area (Å²) in [6.45, 7) is 1.11. The average molecular weight is 272 g/mol. The molecule has 6 heteroatoms. The second kappa shape index (κ2) is 5.05. The van der Waals surface area contributed by atoms with Gasteiger partial charge in [-0.25, -0.2) is 4.98 Å². The zero-order chi connectivity index (χ0) is 14.1. The minimum atomic E-state index is -0.790. The van der Waals surface area contributed by atoms with Crippen molar-refractivity contribution in [2.24, 2.45) is 7.05 Å². The van der Waals surface area contributed by atoms with Crippen molar-refractivity contribution in [3.63, 3.8) is 0 Å². The van der Waals surface area contributed by atoms with E-state index in [1.54, 1.807) is 4.68 Å². The van der Waals surface area contributed by atoms with Crippen molar-refractivity contribution in [3.8, 4) is 0 Å². The van der Waals surface area contributed by atoms with Gasteiger partial charge in [0.05, 0.1) is 6.54 Å². The number of aromatic nitrogens is 3. The number of aliphatic carboxylic acids is 1. The molecule has 0 aliphatic carbocycles. The summed E-state index contributed by atoms with van der Waals surface area (Å²) in [5, 5.41) is 13.5. The molecule has 1 atom stereocenters. The van der Waals surface area contributed by atoms with Crippen LogP contribution in [-0.2, 0) is 31.4 Å². The van der Waals surface area contributed by atoms with Gasteiger partial charge >= 0.3 is 5.97 Å².